The molecule has 0 heterocycles. The summed E-state index contributed by atoms with van der Waals surface area (Å²) in [5, 5.41) is 1.54. The van der Waals surface area contributed by atoms with Crippen molar-refractivity contribution in [3.05, 3.63) is 70.6 Å². The smallest absolute Gasteiger partial charge is 0.321 e. The number of esters is 1. The van der Waals surface area contributed by atoms with Gasteiger partial charge in [0, 0.05) is 10.4 Å². The summed E-state index contributed by atoms with van der Waals surface area (Å²) in [4.78, 5) is 11.6. The minimum atomic E-state index is -3.73. The van der Waals surface area contributed by atoms with Crippen LogP contribution in [-0.2, 0) is 19.6 Å². The molecule has 0 aliphatic rings. The Morgan fingerprint density at radius 1 is 1.08 bits per heavy atom. The van der Waals surface area contributed by atoms with E-state index in [2.05, 4.69) is 4.72 Å². The minimum Gasteiger partial charge on any atom is -0.490 e. The van der Waals surface area contributed by atoms with E-state index in [4.69, 9.17) is 21.1 Å². The molecule has 0 amide bonds. The lowest BCUT2D eigenvalue weighted by molar-refractivity contribution is -0.142. The summed E-state index contributed by atoms with van der Waals surface area (Å²) in [6, 6.07) is 15.8. The minimum absolute atomic E-state index is 0.00701. The van der Waals surface area contributed by atoms with Crippen molar-refractivity contribution in [1.29, 1.82) is 0 Å². The monoisotopic (exact) mass is 395 g/mol. The van der Waals surface area contributed by atoms with Crippen LogP contribution in [-0.4, -0.2) is 34.1 Å². The highest BCUT2D eigenvalue weighted by Crippen LogP contribution is 2.16. The first-order valence-electron chi connectivity index (χ1n) is 7.71. The molecule has 1 N–H and O–H groups in total. The average Bonchev–Trinajstić information content (AvgIpc) is 2.63. The maximum absolute atomic E-state index is 11.8. The van der Waals surface area contributed by atoms with E-state index in [1.807, 2.05) is 6.07 Å². The predicted octanol–water partition coefficient (Wildman–Crippen LogP) is 2.85. The zero-order valence-corrected chi connectivity index (χ0v) is 15.4. The SMILES string of the molecule is O=C(CNS(=O)(=O)/C=C/c1ccccc1)OCCOc1cccc(Cl)c1. The number of carbonyl (C=O) groups excluding carboxylic acids is 1. The molecule has 0 aliphatic heterocycles. The second-order valence-corrected chi connectivity index (χ2v) is 7.19. The van der Waals surface area contributed by atoms with Gasteiger partial charge in [-0.05, 0) is 29.8 Å². The van der Waals surface area contributed by atoms with E-state index in [1.54, 1.807) is 48.5 Å². The molecule has 0 atom stereocenters. The lowest BCUT2D eigenvalue weighted by Gasteiger charge is -2.08. The standard InChI is InChI=1S/C18H18ClNO5S/c19-16-7-4-8-17(13-16)24-10-11-25-18(21)14-20-26(22,23)12-9-15-5-2-1-3-6-15/h1-9,12-13,20H,10-11,14H2/b12-9+. The van der Waals surface area contributed by atoms with Crippen LogP contribution in [0.4, 0.5) is 0 Å². The third kappa shape index (κ3) is 7.69. The van der Waals surface area contributed by atoms with E-state index in [-0.39, 0.29) is 13.2 Å². The number of benzene rings is 2. The Morgan fingerprint density at radius 2 is 1.85 bits per heavy atom. The highest BCUT2D eigenvalue weighted by Gasteiger charge is 2.10. The molecule has 0 spiro atoms. The fourth-order valence-electron chi connectivity index (χ4n) is 1.86. The molecule has 2 aromatic carbocycles. The second-order valence-electron chi connectivity index (χ2n) is 5.11. The fraction of sp³-hybridized carbons (Fsp3) is 0.167. The molecule has 0 aliphatic carbocycles. The highest BCUT2D eigenvalue weighted by atomic mass is 35.5. The number of hydrogen-bond donors (Lipinski definition) is 1. The van der Waals surface area contributed by atoms with Gasteiger partial charge in [0.15, 0.2) is 0 Å². The molecule has 2 aromatic rings. The first kappa shape index (κ1) is 20.0. The molecule has 2 rings (SSSR count). The molecule has 0 saturated carbocycles. The van der Waals surface area contributed by atoms with Crippen molar-refractivity contribution in [2.24, 2.45) is 0 Å². The van der Waals surface area contributed by atoms with Gasteiger partial charge >= 0.3 is 5.97 Å². The van der Waals surface area contributed by atoms with E-state index >= 15 is 0 Å². The zero-order valence-electron chi connectivity index (χ0n) is 13.8. The van der Waals surface area contributed by atoms with E-state index in [9.17, 15) is 13.2 Å². The highest BCUT2D eigenvalue weighted by molar-refractivity contribution is 7.92. The van der Waals surface area contributed by atoms with E-state index in [0.29, 0.717) is 10.8 Å². The molecule has 0 saturated heterocycles. The van der Waals surface area contributed by atoms with Crippen LogP contribution in [0.15, 0.2) is 60.0 Å². The van der Waals surface area contributed by atoms with Gasteiger partial charge in [-0.1, -0.05) is 48.0 Å². The van der Waals surface area contributed by atoms with Crippen molar-refractivity contribution in [2.45, 2.75) is 0 Å². The molecule has 138 valence electrons. The van der Waals surface area contributed by atoms with Crippen LogP contribution in [0, 0.1) is 0 Å². The Kier molecular flexibility index (Phi) is 7.65. The normalized spacial score (nSPS) is 11.4. The summed E-state index contributed by atoms with van der Waals surface area (Å²) in [6.07, 6.45) is 1.44. The largest absolute Gasteiger partial charge is 0.490 e. The molecule has 0 unspecified atom stereocenters. The van der Waals surface area contributed by atoms with Gasteiger partial charge in [0.2, 0.25) is 10.0 Å². The first-order valence-corrected chi connectivity index (χ1v) is 9.64. The van der Waals surface area contributed by atoms with Crippen molar-refractivity contribution in [1.82, 2.24) is 4.72 Å². The number of carbonyl (C=O) groups is 1. The number of halogens is 1. The third-order valence-electron chi connectivity index (χ3n) is 3.07. The molecule has 0 bridgehead atoms. The van der Waals surface area contributed by atoms with Crippen molar-refractivity contribution in [3.63, 3.8) is 0 Å². The summed E-state index contributed by atoms with van der Waals surface area (Å²) in [5.41, 5.74) is 0.735. The summed E-state index contributed by atoms with van der Waals surface area (Å²) >= 11 is 5.82. The number of hydrogen-bond acceptors (Lipinski definition) is 5. The molecule has 6 nitrogen and oxygen atoms in total. The van der Waals surface area contributed by atoms with Crippen molar-refractivity contribution >= 4 is 33.7 Å². The third-order valence-corrected chi connectivity index (χ3v) is 4.34. The quantitative estimate of drug-likeness (QED) is 0.521. The molecule has 26 heavy (non-hydrogen) atoms. The van der Waals surface area contributed by atoms with Crippen LogP contribution in [0.5, 0.6) is 5.75 Å². The fourth-order valence-corrected chi connectivity index (χ4v) is 2.79. The lowest BCUT2D eigenvalue weighted by Crippen LogP contribution is -2.30. The molecule has 0 aromatic heterocycles. The van der Waals surface area contributed by atoms with Gasteiger partial charge in [0.25, 0.3) is 0 Å². The molecule has 0 radical (unpaired) electrons. The molecule has 8 heteroatoms. The summed E-state index contributed by atoms with van der Waals surface area (Å²) in [6.45, 7) is -0.335. The van der Waals surface area contributed by atoms with Gasteiger partial charge in [0.1, 0.15) is 25.5 Å². The first-order chi connectivity index (χ1) is 12.4. The summed E-state index contributed by atoms with van der Waals surface area (Å²) in [5.74, 6) is -0.142. The van der Waals surface area contributed by atoms with Crippen LogP contribution in [0.25, 0.3) is 6.08 Å². The maximum Gasteiger partial charge on any atom is 0.321 e. The molecule has 0 fully saturated rings. The zero-order chi connectivity index (χ0) is 18.8. The second kappa shape index (κ2) is 9.96. The van der Waals surface area contributed by atoms with E-state index in [1.165, 1.54) is 6.08 Å². The van der Waals surface area contributed by atoms with Gasteiger partial charge in [-0.15, -0.1) is 0 Å². The Hall–Kier alpha value is -2.35. The summed E-state index contributed by atoms with van der Waals surface area (Å²) in [7, 11) is -3.73. The van der Waals surface area contributed by atoms with E-state index < -0.39 is 22.5 Å². The average molecular weight is 396 g/mol. The van der Waals surface area contributed by atoms with Gasteiger partial charge in [-0.25, -0.2) is 13.1 Å². The van der Waals surface area contributed by atoms with Gasteiger partial charge in [-0.2, -0.15) is 0 Å². The molecular formula is C18H18ClNO5S. The van der Waals surface area contributed by atoms with E-state index in [0.717, 1.165) is 11.0 Å². The van der Waals surface area contributed by atoms with Crippen molar-refractivity contribution in [2.75, 3.05) is 19.8 Å². The Balaban J connectivity index is 1.68. The predicted molar refractivity (Wildman–Crippen MR) is 100 cm³/mol. The maximum atomic E-state index is 11.8. The van der Waals surface area contributed by atoms with Crippen LogP contribution in [0.1, 0.15) is 5.56 Å². The van der Waals surface area contributed by atoms with Crippen LogP contribution < -0.4 is 9.46 Å². The lowest BCUT2D eigenvalue weighted by atomic mass is 10.2. The number of rotatable bonds is 9. The van der Waals surface area contributed by atoms with Crippen LogP contribution >= 0.6 is 11.6 Å². The van der Waals surface area contributed by atoms with Crippen molar-refractivity contribution < 1.29 is 22.7 Å². The van der Waals surface area contributed by atoms with Crippen LogP contribution in [0.2, 0.25) is 5.02 Å². The Bertz CT molecular complexity index is 853. The van der Waals surface area contributed by atoms with Crippen molar-refractivity contribution in [3.8, 4) is 5.75 Å². The van der Waals surface area contributed by atoms with Gasteiger partial charge in [0.05, 0.1) is 0 Å². The van der Waals surface area contributed by atoms with Crippen LogP contribution in [0.3, 0.4) is 0 Å². The molecular weight excluding hydrogens is 378 g/mol. The number of ether oxygens (including phenoxy) is 2. The Morgan fingerprint density at radius 3 is 2.58 bits per heavy atom. The number of sulfonamides is 1. The summed E-state index contributed by atoms with van der Waals surface area (Å²) < 4.78 is 36.0. The van der Waals surface area contributed by atoms with Gasteiger partial charge in [-0.3, -0.25) is 4.79 Å². The topological polar surface area (TPSA) is 81.7 Å². The Labute approximate surface area is 157 Å². The van der Waals surface area contributed by atoms with Gasteiger partial charge < -0.3 is 9.47 Å². The number of nitrogens with one attached hydrogen (secondary N) is 1.